The zero-order chi connectivity index (χ0) is 14.8. The van der Waals surface area contributed by atoms with Gasteiger partial charge in [0.15, 0.2) is 0 Å². The maximum atomic E-state index is 11.9. The number of ether oxygens (including phenoxy) is 1. The lowest BCUT2D eigenvalue weighted by Gasteiger charge is -2.27. The summed E-state index contributed by atoms with van der Waals surface area (Å²) in [6, 6.07) is 3.85. The summed E-state index contributed by atoms with van der Waals surface area (Å²) < 4.78 is 29.3. The molecule has 0 aliphatic carbocycles. The number of carbonyl (C=O) groups is 1. The van der Waals surface area contributed by atoms with Gasteiger partial charge in [0.2, 0.25) is 10.0 Å². The molecule has 0 saturated carbocycles. The lowest BCUT2D eigenvalue weighted by Crippen LogP contribution is -2.43. The molecule has 0 spiro atoms. The van der Waals surface area contributed by atoms with Crippen LogP contribution in [0.2, 0.25) is 5.02 Å². The van der Waals surface area contributed by atoms with Crippen molar-refractivity contribution in [3.8, 4) is 0 Å². The van der Waals surface area contributed by atoms with Gasteiger partial charge in [-0.1, -0.05) is 17.7 Å². The standard InChI is InChI=1S/C12H16ClNO4S/c1-8-5-6-10(7-11(8)13)14(19(4,16)17)9(2)12(15)18-3/h5-7,9H,1-4H3/t9-/m1/s1. The second-order valence-corrected chi connectivity index (χ2v) is 6.46. The second kappa shape index (κ2) is 5.79. The van der Waals surface area contributed by atoms with Crippen LogP contribution in [-0.2, 0) is 19.6 Å². The minimum absolute atomic E-state index is 0.330. The van der Waals surface area contributed by atoms with E-state index in [4.69, 9.17) is 11.6 Å². The third kappa shape index (κ3) is 3.61. The largest absolute Gasteiger partial charge is 0.467 e. The zero-order valence-corrected chi connectivity index (χ0v) is 12.7. The number of halogens is 1. The molecule has 0 aliphatic heterocycles. The Morgan fingerprint density at radius 1 is 1.42 bits per heavy atom. The third-order valence-corrected chi connectivity index (χ3v) is 4.31. The van der Waals surface area contributed by atoms with Gasteiger partial charge in [-0.15, -0.1) is 0 Å². The summed E-state index contributed by atoms with van der Waals surface area (Å²) in [5.41, 5.74) is 1.15. The van der Waals surface area contributed by atoms with Crippen molar-refractivity contribution in [2.75, 3.05) is 17.7 Å². The van der Waals surface area contributed by atoms with Crippen LogP contribution in [-0.4, -0.2) is 33.8 Å². The number of benzene rings is 1. The lowest BCUT2D eigenvalue weighted by molar-refractivity contribution is -0.141. The fourth-order valence-electron chi connectivity index (χ4n) is 1.69. The number of methoxy groups -OCH3 is 1. The molecule has 106 valence electrons. The molecule has 7 heteroatoms. The van der Waals surface area contributed by atoms with E-state index in [2.05, 4.69) is 4.74 Å². The van der Waals surface area contributed by atoms with Crippen molar-refractivity contribution >= 4 is 33.3 Å². The van der Waals surface area contributed by atoms with Crippen molar-refractivity contribution in [2.45, 2.75) is 19.9 Å². The molecular weight excluding hydrogens is 290 g/mol. The molecule has 1 aromatic carbocycles. The quantitative estimate of drug-likeness (QED) is 0.798. The van der Waals surface area contributed by atoms with Crippen molar-refractivity contribution in [2.24, 2.45) is 0 Å². The molecule has 0 N–H and O–H groups in total. The summed E-state index contributed by atoms with van der Waals surface area (Å²) in [5.74, 6) is -0.637. The zero-order valence-electron chi connectivity index (χ0n) is 11.2. The number of anilines is 1. The summed E-state index contributed by atoms with van der Waals surface area (Å²) in [7, 11) is -2.42. The Labute approximate surface area is 118 Å². The van der Waals surface area contributed by atoms with E-state index in [9.17, 15) is 13.2 Å². The predicted octanol–water partition coefficient (Wildman–Crippen LogP) is 1.98. The summed E-state index contributed by atoms with van der Waals surface area (Å²) in [4.78, 5) is 11.6. The molecule has 0 aromatic heterocycles. The number of hydrogen-bond acceptors (Lipinski definition) is 4. The second-order valence-electron chi connectivity index (χ2n) is 4.19. The minimum Gasteiger partial charge on any atom is -0.467 e. The molecule has 0 bridgehead atoms. The van der Waals surface area contributed by atoms with Gasteiger partial charge in [0.05, 0.1) is 19.1 Å². The monoisotopic (exact) mass is 305 g/mol. The molecule has 0 fully saturated rings. The lowest BCUT2D eigenvalue weighted by atomic mass is 10.2. The summed E-state index contributed by atoms with van der Waals surface area (Å²) in [5, 5.41) is 0.434. The Morgan fingerprint density at radius 2 is 2.00 bits per heavy atom. The van der Waals surface area contributed by atoms with E-state index in [1.165, 1.54) is 20.1 Å². The van der Waals surface area contributed by atoms with Gasteiger partial charge in [0.1, 0.15) is 6.04 Å². The highest BCUT2D eigenvalue weighted by Gasteiger charge is 2.29. The topological polar surface area (TPSA) is 63.7 Å². The Kier molecular flexibility index (Phi) is 4.81. The van der Waals surface area contributed by atoms with Crippen LogP contribution in [0.15, 0.2) is 18.2 Å². The van der Waals surface area contributed by atoms with Crippen molar-refractivity contribution in [3.63, 3.8) is 0 Å². The predicted molar refractivity (Wildman–Crippen MR) is 75.0 cm³/mol. The van der Waals surface area contributed by atoms with Gasteiger partial charge in [-0.05, 0) is 31.5 Å². The van der Waals surface area contributed by atoms with E-state index < -0.39 is 22.0 Å². The van der Waals surface area contributed by atoms with Crippen LogP contribution in [0.4, 0.5) is 5.69 Å². The number of carbonyl (C=O) groups excluding carboxylic acids is 1. The molecular formula is C12H16ClNO4S. The van der Waals surface area contributed by atoms with Crippen LogP contribution in [0.1, 0.15) is 12.5 Å². The number of aryl methyl sites for hydroxylation is 1. The first-order valence-corrected chi connectivity index (χ1v) is 7.74. The molecule has 0 aliphatic rings. The van der Waals surface area contributed by atoms with Crippen molar-refractivity contribution < 1.29 is 17.9 Å². The Balaban J connectivity index is 3.33. The van der Waals surface area contributed by atoms with Gasteiger partial charge < -0.3 is 4.74 Å². The Bertz CT molecular complexity index is 585. The fraction of sp³-hybridized carbons (Fsp3) is 0.417. The Morgan fingerprint density at radius 3 is 2.42 bits per heavy atom. The molecule has 0 unspecified atom stereocenters. The van der Waals surface area contributed by atoms with Crippen molar-refractivity contribution in [1.82, 2.24) is 0 Å². The number of hydrogen-bond donors (Lipinski definition) is 0. The first-order valence-electron chi connectivity index (χ1n) is 5.52. The highest BCUT2D eigenvalue weighted by molar-refractivity contribution is 7.92. The smallest absolute Gasteiger partial charge is 0.329 e. The maximum absolute atomic E-state index is 11.9. The van der Waals surface area contributed by atoms with Crippen LogP contribution >= 0.6 is 11.6 Å². The number of rotatable bonds is 4. The fourth-order valence-corrected chi connectivity index (χ4v) is 3.02. The van der Waals surface area contributed by atoms with Crippen LogP contribution in [0.5, 0.6) is 0 Å². The molecule has 0 saturated heterocycles. The first-order chi connectivity index (χ1) is 8.68. The average Bonchev–Trinajstić information content (AvgIpc) is 2.31. The van der Waals surface area contributed by atoms with Gasteiger partial charge in [0.25, 0.3) is 0 Å². The van der Waals surface area contributed by atoms with Crippen molar-refractivity contribution in [1.29, 1.82) is 0 Å². The average molecular weight is 306 g/mol. The van der Waals surface area contributed by atoms with Crippen LogP contribution < -0.4 is 4.31 Å². The summed E-state index contributed by atoms with van der Waals surface area (Å²) in [6.45, 7) is 3.27. The van der Waals surface area contributed by atoms with Gasteiger partial charge in [-0.25, -0.2) is 13.2 Å². The highest BCUT2D eigenvalue weighted by Crippen LogP contribution is 2.26. The van der Waals surface area contributed by atoms with Gasteiger partial charge in [0, 0.05) is 5.02 Å². The van der Waals surface area contributed by atoms with Gasteiger partial charge in [-0.3, -0.25) is 4.31 Å². The van der Waals surface area contributed by atoms with E-state index >= 15 is 0 Å². The van der Waals surface area contributed by atoms with Crippen LogP contribution in [0, 0.1) is 6.92 Å². The van der Waals surface area contributed by atoms with E-state index in [0.717, 1.165) is 16.1 Å². The van der Waals surface area contributed by atoms with E-state index in [1.807, 2.05) is 0 Å². The SMILES string of the molecule is COC(=O)[C@@H](C)N(c1ccc(C)c(Cl)c1)S(C)(=O)=O. The van der Waals surface area contributed by atoms with E-state index in [0.29, 0.717) is 10.7 Å². The molecule has 19 heavy (non-hydrogen) atoms. The van der Waals surface area contributed by atoms with Gasteiger partial charge >= 0.3 is 5.97 Å². The minimum atomic E-state index is -3.63. The Hall–Kier alpha value is -1.27. The molecule has 0 heterocycles. The number of sulfonamides is 1. The summed E-state index contributed by atoms with van der Waals surface area (Å²) in [6.07, 6.45) is 1.03. The molecule has 5 nitrogen and oxygen atoms in total. The normalized spacial score (nSPS) is 12.9. The van der Waals surface area contributed by atoms with Crippen LogP contribution in [0.3, 0.4) is 0 Å². The maximum Gasteiger partial charge on any atom is 0.329 e. The molecule has 0 amide bonds. The summed E-state index contributed by atoms with van der Waals surface area (Å²) >= 11 is 5.99. The van der Waals surface area contributed by atoms with E-state index in [1.54, 1.807) is 19.1 Å². The molecule has 1 atom stereocenters. The first kappa shape index (κ1) is 15.8. The van der Waals surface area contributed by atoms with Crippen LogP contribution in [0.25, 0.3) is 0 Å². The number of esters is 1. The molecule has 1 rings (SSSR count). The van der Waals surface area contributed by atoms with Crippen molar-refractivity contribution in [3.05, 3.63) is 28.8 Å². The van der Waals surface area contributed by atoms with Gasteiger partial charge in [-0.2, -0.15) is 0 Å². The highest BCUT2D eigenvalue weighted by atomic mass is 35.5. The molecule has 1 aromatic rings. The van der Waals surface area contributed by atoms with E-state index in [-0.39, 0.29) is 0 Å². The molecule has 0 radical (unpaired) electrons. The third-order valence-electron chi connectivity index (χ3n) is 2.66. The number of nitrogens with zero attached hydrogens (tertiary/aromatic N) is 1.